The number of likely N-dealkylation sites (tertiary alicyclic amines) is 1. The molecule has 3 aliphatic rings. The second-order valence-electron chi connectivity index (χ2n) is 10.0. The maximum absolute atomic E-state index is 13.1. The van der Waals surface area contributed by atoms with E-state index in [0.717, 1.165) is 61.5 Å². The Kier molecular flexibility index (Phi) is 6.85. The van der Waals surface area contributed by atoms with Crippen molar-refractivity contribution in [3.63, 3.8) is 0 Å². The Bertz CT molecular complexity index is 1020. The van der Waals surface area contributed by atoms with E-state index < -0.39 is 0 Å². The van der Waals surface area contributed by atoms with Gasteiger partial charge in [-0.25, -0.2) is 4.98 Å². The Morgan fingerprint density at radius 2 is 1.94 bits per heavy atom. The van der Waals surface area contributed by atoms with Crippen LogP contribution in [0.1, 0.15) is 80.1 Å². The van der Waals surface area contributed by atoms with Gasteiger partial charge in [0, 0.05) is 45.0 Å². The van der Waals surface area contributed by atoms with Crippen LogP contribution >= 0.6 is 0 Å². The zero-order valence-electron chi connectivity index (χ0n) is 19.5. The van der Waals surface area contributed by atoms with Crippen LogP contribution in [0, 0.1) is 5.92 Å². The minimum atomic E-state index is -0.152. The van der Waals surface area contributed by atoms with E-state index in [2.05, 4.69) is 14.9 Å². The Hall–Kier alpha value is -2.54. The van der Waals surface area contributed by atoms with Gasteiger partial charge in [0.1, 0.15) is 5.82 Å². The fraction of sp³-hybridized carbons (Fsp3) is 0.615. The van der Waals surface area contributed by atoms with E-state index in [4.69, 9.17) is 4.98 Å². The Morgan fingerprint density at radius 1 is 1.09 bits per heavy atom. The van der Waals surface area contributed by atoms with Gasteiger partial charge in [0.2, 0.25) is 5.91 Å². The molecule has 2 fully saturated rings. The first-order valence-corrected chi connectivity index (χ1v) is 12.7. The number of aromatic amines is 1. The predicted octanol–water partition coefficient (Wildman–Crippen LogP) is 3.40. The Morgan fingerprint density at radius 3 is 2.76 bits per heavy atom. The molecular weight excluding hydrogens is 414 g/mol. The fourth-order valence-electron chi connectivity index (χ4n) is 5.84. The lowest BCUT2D eigenvalue weighted by atomic mass is 9.88. The highest BCUT2D eigenvalue weighted by Gasteiger charge is 2.31. The van der Waals surface area contributed by atoms with Gasteiger partial charge in [0.15, 0.2) is 0 Å². The van der Waals surface area contributed by atoms with Crippen LogP contribution in [0.2, 0.25) is 0 Å². The number of nitrogens with one attached hydrogen (secondary N) is 1. The number of fused-ring (bicyclic) bond motifs is 1. The molecule has 1 amide bonds. The van der Waals surface area contributed by atoms with Crippen LogP contribution in [-0.4, -0.2) is 50.3 Å². The fourth-order valence-corrected chi connectivity index (χ4v) is 5.84. The van der Waals surface area contributed by atoms with Crippen molar-refractivity contribution in [1.82, 2.24) is 24.8 Å². The molecule has 1 N–H and O–H groups in total. The summed E-state index contributed by atoms with van der Waals surface area (Å²) in [5.41, 5.74) is 2.65. The smallest absolute Gasteiger partial charge is 0.255 e. The van der Waals surface area contributed by atoms with Gasteiger partial charge in [0.25, 0.3) is 5.56 Å². The molecule has 1 saturated carbocycles. The standard InChI is InChI=1S/C26H35N5O2/c32-24(15-20-9-6-12-27-16-20)31-13-5-4-10-23(31)25-28-22-11-14-30(18-21(22)26(33)29-25)17-19-7-2-1-3-8-19/h6,9,12,16,19,23H,1-5,7-8,10-11,13-15,17-18H2,(H,28,29,33)/t23-/m1/s1. The van der Waals surface area contributed by atoms with Gasteiger partial charge in [0.05, 0.1) is 23.7 Å². The number of nitrogens with zero attached hydrogens (tertiary/aromatic N) is 4. The van der Waals surface area contributed by atoms with Crippen molar-refractivity contribution in [3.05, 3.63) is 57.5 Å². The minimum Gasteiger partial charge on any atom is -0.332 e. The zero-order chi connectivity index (χ0) is 22.6. The van der Waals surface area contributed by atoms with Crippen LogP contribution in [0.3, 0.4) is 0 Å². The summed E-state index contributed by atoms with van der Waals surface area (Å²) < 4.78 is 0. The predicted molar refractivity (Wildman–Crippen MR) is 127 cm³/mol. The highest BCUT2D eigenvalue weighted by atomic mass is 16.2. The summed E-state index contributed by atoms with van der Waals surface area (Å²) in [5, 5.41) is 0. The highest BCUT2D eigenvalue weighted by Crippen LogP contribution is 2.30. The maximum Gasteiger partial charge on any atom is 0.255 e. The van der Waals surface area contributed by atoms with E-state index in [0.29, 0.717) is 25.3 Å². The number of H-pyrrole nitrogens is 1. The first kappa shape index (κ1) is 22.3. The van der Waals surface area contributed by atoms with Gasteiger partial charge in [-0.1, -0.05) is 25.3 Å². The van der Waals surface area contributed by atoms with Gasteiger partial charge in [-0.3, -0.25) is 19.5 Å². The zero-order valence-corrected chi connectivity index (χ0v) is 19.5. The maximum atomic E-state index is 13.1. The lowest BCUT2D eigenvalue weighted by Gasteiger charge is -2.36. The van der Waals surface area contributed by atoms with Gasteiger partial charge >= 0.3 is 0 Å². The van der Waals surface area contributed by atoms with Crippen molar-refractivity contribution in [2.75, 3.05) is 19.6 Å². The van der Waals surface area contributed by atoms with Gasteiger partial charge in [-0.2, -0.15) is 0 Å². The number of hydrogen-bond donors (Lipinski definition) is 1. The quantitative estimate of drug-likeness (QED) is 0.757. The lowest BCUT2D eigenvalue weighted by molar-refractivity contribution is -0.134. The summed E-state index contributed by atoms with van der Waals surface area (Å²) in [6.07, 6.45) is 14.2. The third kappa shape index (κ3) is 5.18. The van der Waals surface area contributed by atoms with Crippen LogP contribution in [0.4, 0.5) is 0 Å². The summed E-state index contributed by atoms with van der Waals surface area (Å²) >= 11 is 0. The summed E-state index contributed by atoms with van der Waals surface area (Å²) in [5.74, 6) is 1.51. The molecule has 2 aromatic rings. The first-order valence-electron chi connectivity index (χ1n) is 12.7. The van der Waals surface area contributed by atoms with E-state index in [1.807, 2.05) is 17.0 Å². The van der Waals surface area contributed by atoms with Crippen molar-refractivity contribution in [2.24, 2.45) is 5.92 Å². The molecule has 0 spiro atoms. The number of pyridine rings is 1. The van der Waals surface area contributed by atoms with Crippen molar-refractivity contribution >= 4 is 5.91 Å². The number of aromatic nitrogens is 3. The molecule has 2 aromatic heterocycles. The molecule has 5 rings (SSSR count). The Balaban J connectivity index is 1.31. The molecular formula is C26H35N5O2. The van der Waals surface area contributed by atoms with E-state index >= 15 is 0 Å². The van der Waals surface area contributed by atoms with E-state index in [-0.39, 0.29) is 17.5 Å². The van der Waals surface area contributed by atoms with Crippen LogP contribution in [-0.2, 0) is 24.2 Å². The molecule has 4 heterocycles. The second kappa shape index (κ2) is 10.2. The molecule has 0 aromatic carbocycles. The normalized spacial score (nSPS) is 22.2. The van der Waals surface area contributed by atoms with Gasteiger partial charge in [-0.15, -0.1) is 0 Å². The molecule has 176 valence electrons. The monoisotopic (exact) mass is 449 g/mol. The van der Waals surface area contributed by atoms with Crippen LogP contribution in [0.15, 0.2) is 29.3 Å². The molecule has 2 aliphatic heterocycles. The molecule has 1 aliphatic carbocycles. The first-order chi connectivity index (χ1) is 16.2. The average Bonchev–Trinajstić information content (AvgIpc) is 2.85. The van der Waals surface area contributed by atoms with Crippen LogP contribution < -0.4 is 5.56 Å². The number of amides is 1. The second-order valence-corrected chi connectivity index (χ2v) is 10.0. The van der Waals surface area contributed by atoms with E-state index in [1.165, 1.54) is 32.1 Å². The summed E-state index contributed by atoms with van der Waals surface area (Å²) in [4.78, 5) is 42.7. The molecule has 0 radical (unpaired) electrons. The average molecular weight is 450 g/mol. The van der Waals surface area contributed by atoms with E-state index in [9.17, 15) is 9.59 Å². The number of piperidine rings is 1. The Labute approximate surface area is 195 Å². The van der Waals surface area contributed by atoms with Gasteiger partial charge < -0.3 is 9.88 Å². The largest absolute Gasteiger partial charge is 0.332 e. The molecule has 0 bridgehead atoms. The topological polar surface area (TPSA) is 82.2 Å². The molecule has 7 nitrogen and oxygen atoms in total. The van der Waals surface area contributed by atoms with E-state index in [1.54, 1.807) is 12.4 Å². The molecule has 33 heavy (non-hydrogen) atoms. The molecule has 1 atom stereocenters. The molecule has 7 heteroatoms. The lowest BCUT2D eigenvalue weighted by Crippen LogP contribution is -2.42. The third-order valence-electron chi connectivity index (χ3n) is 7.62. The van der Waals surface area contributed by atoms with Crippen molar-refractivity contribution in [2.45, 2.75) is 76.8 Å². The third-order valence-corrected chi connectivity index (χ3v) is 7.62. The number of carbonyl (C=O) groups is 1. The SMILES string of the molecule is O=C(Cc1cccnc1)N1CCCC[C@@H]1c1nc2c(c(=O)[nH]1)CN(CC1CCCCC1)CC2. The summed E-state index contributed by atoms with van der Waals surface area (Å²) in [6.45, 7) is 3.47. The van der Waals surface area contributed by atoms with Crippen LogP contribution in [0.5, 0.6) is 0 Å². The van der Waals surface area contributed by atoms with Crippen molar-refractivity contribution in [1.29, 1.82) is 0 Å². The highest BCUT2D eigenvalue weighted by molar-refractivity contribution is 5.79. The van der Waals surface area contributed by atoms with Gasteiger partial charge in [-0.05, 0) is 49.7 Å². The number of hydrogen-bond acceptors (Lipinski definition) is 5. The molecule has 1 saturated heterocycles. The number of rotatable bonds is 5. The van der Waals surface area contributed by atoms with Crippen molar-refractivity contribution in [3.8, 4) is 0 Å². The minimum absolute atomic E-state index is 0.0198. The van der Waals surface area contributed by atoms with Crippen molar-refractivity contribution < 1.29 is 4.79 Å². The number of carbonyl (C=O) groups excluding carboxylic acids is 1. The molecule has 0 unspecified atom stereocenters. The van der Waals surface area contributed by atoms with Crippen LogP contribution in [0.25, 0.3) is 0 Å². The summed E-state index contributed by atoms with van der Waals surface area (Å²) in [7, 11) is 0. The summed E-state index contributed by atoms with van der Waals surface area (Å²) in [6, 6.07) is 3.64.